The molecule has 16 heavy (non-hydrogen) atoms. The van der Waals surface area contributed by atoms with E-state index in [2.05, 4.69) is 17.0 Å². The van der Waals surface area contributed by atoms with Crippen molar-refractivity contribution in [3.63, 3.8) is 0 Å². The molecule has 2 fully saturated rings. The Balaban J connectivity index is 1.71. The molecule has 0 amide bonds. The van der Waals surface area contributed by atoms with Gasteiger partial charge in [-0.25, -0.2) is 13.1 Å². The Labute approximate surface area is 98.2 Å². The number of hydrogen-bond donors (Lipinski definition) is 2. The van der Waals surface area contributed by atoms with Crippen LogP contribution in [-0.2, 0) is 10.0 Å². The lowest BCUT2D eigenvalue weighted by Gasteiger charge is -2.23. The minimum Gasteiger partial charge on any atom is -0.314 e. The van der Waals surface area contributed by atoms with E-state index < -0.39 is 10.0 Å². The molecule has 2 rings (SSSR count). The SMILES string of the molecule is CC1CC1NS(=O)(=O)CCC1CCCCN1. The molecule has 1 saturated heterocycles. The molecule has 1 aliphatic heterocycles. The van der Waals surface area contributed by atoms with E-state index in [9.17, 15) is 8.42 Å². The minimum atomic E-state index is -3.04. The van der Waals surface area contributed by atoms with E-state index in [4.69, 9.17) is 0 Å². The molecule has 0 spiro atoms. The molecule has 94 valence electrons. The van der Waals surface area contributed by atoms with Gasteiger partial charge in [0.1, 0.15) is 0 Å². The predicted octanol–water partition coefficient (Wildman–Crippen LogP) is 0.846. The van der Waals surface area contributed by atoms with Crippen LogP contribution in [0.2, 0.25) is 0 Å². The number of hydrogen-bond acceptors (Lipinski definition) is 3. The van der Waals surface area contributed by atoms with Crippen LogP contribution in [0.5, 0.6) is 0 Å². The summed E-state index contributed by atoms with van der Waals surface area (Å²) < 4.78 is 26.2. The van der Waals surface area contributed by atoms with Gasteiger partial charge in [-0.05, 0) is 38.1 Å². The van der Waals surface area contributed by atoms with Crippen molar-refractivity contribution in [2.75, 3.05) is 12.3 Å². The second-order valence-corrected chi connectivity index (χ2v) is 7.07. The topological polar surface area (TPSA) is 58.2 Å². The predicted molar refractivity (Wildman–Crippen MR) is 64.8 cm³/mol. The van der Waals surface area contributed by atoms with Gasteiger partial charge in [0.15, 0.2) is 0 Å². The van der Waals surface area contributed by atoms with Crippen molar-refractivity contribution in [3.05, 3.63) is 0 Å². The first-order valence-corrected chi connectivity index (χ1v) is 7.95. The molecule has 0 bridgehead atoms. The summed E-state index contributed by atoms with van der Waals surface area (Å²) in [5.41, 5.74) is 0. The Morgan fingerprint density at radius 1 is 1.38 bits per heavy atom. The lowest BCUT2D eigenvalue weighted by Crippen LogP contribution is -2.37. The third kappa shape index (κ3) is 3.71. The third-order valence-corrected chi connectivity index (χ3v) is 5.02. The zero-order chi connectivity index (χ0) is 11.6. The van der Waals surface area contributed by atoms with Gasteiger partial charge in [-0.2, -0.15) is 0 Å². The molecule has 5 heteroatoms. The Kier molecular flexibility index (Phi) is 3.87. The first-order chi connectivity index (χ1) is 7.57. The smallest absolute Gasteiger partial charge is 0.211 e. The summed E-state index contributed by atoms with van der Waals surface area (Å²) >= 11 is 0. The number of sulfonamides is 1. The molecule has 1 heterocycles. The van der Waals surface area contributed by atoms with E-state index in [0.717, 1.165) is 25.8 Å². The van der Waals surface area contributed by atoms with Crippen molar-refractivity contribution in [2.45, 2.75) is 51.1 Å². The summed E-state index contributed by atoms with van der Waals surface area (Å²) in [6.45, 7) is 3.12. The van der Waals surface area contributed by atoms with Crippen molar-refractivity contribution < 1.29 is 8.42 Å². The van der Waals surface area contributed by atoms with E-state index in [1.807, 2.05) is 0 Å². The Hall–Kier alpha value is -0.130. The molecule has 0 aromatic carbocycles. The van der Waals surface area contributed by atoms with Crippen molar-refractivity contribution in [1.82, 2.24) is 10.0 Å². The summed E-state index contributed by atoms with van der Waals surface area (Å²) in [4.78, 5) is 0. The maximum absolute atomic E-state index is 11.7. The average molecular weight is 246 g/mol. The molecule has 2 N–H and O–H groups in total. The molecule has 0 aromatic heterocycles. The number of piperidine rings is 1. The second kappa shape index (κ2) is 5.02. The minimum absolute atomic E-state index is 0.212. The van der Waals surface area contributed by atoms with Crippen LogP contribution < -0.4 is 10.0 Å². The summed E-state index contributed by atoms with van der Waals surface area (Å²) in [5.74, 6) is 0.802. The van der Waals surface area contributed by atoms with E-state index >= 15 is 0 Å². The largest absolute Gasteiger partial charge is 0.314 e. The highest BCUT2D eigenvalue weighted by Gasteiger charge is 2.35. The van der Waals surface area contributed by atoms with Gasteiger partial charge in [0, 0.05) is 12.1 Å². The standard InChI is InChI=1S/C11H22N2O2S/c1-9-8-11(9)13-16(14,15)7-5-10-4-2-3-6-12-10/h9-13H,2-8H2,1H3. The van der Waals surface area contributed by atoms with E-state index in [1.54, 1.807) is 0 Å². The molecule has 4 nitrogen and oxygen atoms in total. The van der Waals surface area contributed by atoms with Gasteiger partial charge in [0.05, 0.1) is 5.75 Å². The highest BCUT2D eigenvalue weighted by Crippen LogP contribution is 2.29. The normalized spacial score (nSPS) is 34.9. The highest BCUT2D eigenvalue weighted by molar-refractivity contribution is 7.89. The Morgan fingerprint density at radius 3 is 2.69 bits per heavy atom. The van der Waals surface area contributed by atoms with Crippen molar-refractivity contribution in [2.24, 2.45) is 5.92 Å². The summed E-state index contributed by atoms with van der Waals surface area (Å²) in [7, 11) is -3.04. The summed E-state index contributed by atoms with van der Waals surface area (Å²) in [5, 5.41) is 3.38. The van der Waals surface area contributed by atoms with Gasteiger partial charge in [0.2, 0.25) is 10.0 Å². The maximum Gasteiger partial charge on any atom is 0.211 e. The zero-order valence-electron chi connectivity index (χ0n) is 9.91. The van der Waals surface area contributed by atoms with Crippen LogP contribution in [0.4, 0.5) is 0 Å². The monoisotopic (exact) mass is 246 g/mol. The summed E-state index contributed by atoms with van der Waals surface area (Å²) in [6, 6.07) is 0.617. The second-order valence-electron chi connectivity index (χ2n) is 5.19. The van der Waals surface area contributed by atoms with Crippen LogP contribution in [-0.4, -0.2) is 32.8 Å². The lowest BCUT2D eigenvalue weighted by molar-refractivity contribution is 0.392. The van der Waals surface area contributed by atoms with E-state index in [1.165, 1.54) is 12.8 Å². The summed E-state index contributed by atoms with van der Waals surface area (Å²) in [6.07, 6.45) is 5.32. The third-order valence-electron chi connectivity index (χ3n) is 3.59. The molecule has 0 aromatic rings. The van der Waals surface area contributed by atoms with Crippen molar-refractivity contribution in [1.29, 1.82) is 0 Å². The highest BCUT2D eigenvalue weighted by atomic mass is 32.2. The Morgan fingerprint density at radius 2 is 2.12 bits per heavy atom. The van der Waals surface area contributed by atoms with Gasteiger partial charge >= 0.3 is 0 Å². The molecular weight excluding hydrogens is 224 g/mol. The zero-order valence-corrected chi connectivity index (χ0v) is 10.7. The Bertz CT molecular complexity index is 323. The van der Waals surface area contributed by atoms with Gasteiger partial charge < -0.3 is 5.32 Å². The number of nitrogens with one attached hydrogen (secondary N) is 2. The maximum atomic E-state index is 11.7. The average Bonchev–Trinajstić information content (AvgIpc) is 2.92. The molecule has 1 saturated carbocycles. The molecule has 3 unspecified atom stereocenters. The van der Waals surface area contributed by atoms with Gasteiger partial charge in [-0.15, -0.1) is 0 Å². The van der Waals surface area contributed by atoms with Crippen molar-refractivity contribution >= 4 is 10.0 Å². The van der Waals surface area contributed by atoms with Crippen LogP contribution >= 0.6 is 0 Å². The van der Waals surface area contributed by atoms with Gasteiger partial charge in [-0.3, -0.25) is 0 Å². The van der Waals surface area contributed by atoms with Crippen molar-refractivity contribution in [3.8, 4) is 0 Å². The molecule has 2 aliphatic rings. The molecule has 3 atom stereocenters. The fraction of sp³-hybridized carbons (Fsp3) is 1.00. The van der Waals surface area contributed by atoms with Crippen LogP contribution in [0.1, 0.15) is 39.0 Å². The fourth-order valence-corrected chi connectivity index (χ4v) is 3.75. The van der Waals surface area contributed by atoms with Crippen LogP contribution in [0.25, 0.3) is 0 Å². The van der Waals surface area contributed by atoms with Gasteiger partial charge in [0.25, 0.3) is 0 Å². The first kappa shape index (κ1) is 12.3. The van der Waals surface area contributed by atoms with Gasteiger partial charge in [-0.1, -0.05) is 13.3 Å². The van der Waals surface area contributed by atoms with Crippen LogP contribution in [0.15, 0.2) is 0 Å². The number of rotatable bonds is 5. The van der Waals surface area contributed by atoms with E-state index in [0.29, 0.717) is 12.0 Å². The molecular formula is C11H22N2O2S. The fourth-order valence-electron chi connectivity index (χ4n) is 2.24. The van der Waals surface area contributed by atoms with Crippen LogP contribution in [0.3, 0.4) is 0 Å². The quantitative estimate of drug-likeness (QED) is 0.756. The van der Waals surface area contributed by atoms with E-state index in [-0.39, 0.29) is 11.8 Å². The lowest BCUT2D eigenvalue weighted by atomic mass is 10.0. The molecule has 1 aliphatic carbocycles. The first-order valence-electron chi connectivity index (χ1n) is 6.30. The molecule has 0 radical (unpaired) electrons. The van der Waals surface area contributed by atoms with Crippen LogP contribution in [0, 0.1) is 5.92 Å².